The van der Waals surface area contributed by atoms with E-state index in [0.29, 0.717) is 25.0 Å². The minimum Gasteiger partial charge on any atom is -0.462 e. The molecule has 0 aromatic carbocycles. The Hall–Kier alpha value is -1.96. The number of ether oxygens (including phenoxy) is 3. The van der Waals surface area contributed by atoms with Gasteiger partial charge in [0.05, 0.1) is 32.0 Å². The molecule has 4 N–H and O–H groups in total. The first-order valence-electron chi connectivity index (χ1n) is 22.5. The van der Waals surface area contributed by atoms with Crippen LogP contribution in [0.1, 0.15) is 168 Å². The normalized spacial score (nSPS) is 17.8. The smallest absolute Gasteiger partial charge is 0.462 e. The summed E-state index contributed by atoms with van der Waals surface area (Å²) in [5.74, 6) is -1.08. The molecule has 5 atom stereocenters. The topological polar surface area (TPSA) is 208 Å². The molecule has 0 spiro atoms. The van der Waals surface area contributed by atoms with Crippen LogP contribution < -0.4 is 0 Å². The highest BCUT2D eigenvalue weighted by Gasteiger charge is 2.36. The highest BCUT2D eigenvalue weighted by atomic mass is 31.2. The highest BCUT2D eigenvalue weighted by Crippen LogP contribution is 2.44. The van der Waals surface area contributed by atoms with Crippen molar-refractivity contribution in [3.63, 3.8) is 0 Å². The van der Waals surface area contributed by atoms with E-state index in [1.165, 1.54) is 38.5 Å². The summed E-state index contributed by atoms with van der Waals surface area (Å²) in [6, 6.07) is 0. The lowest BCUT2D eigenvalue weighted by molar-refractivity contribution is -0.161. The van der Waals surface area contributed by atoms with Gasteiger partial charge in [0.1, 0.15) is 12.7 Å². The van der Waals surface area contributed by atoms with Crippen molar-refractivity contribution >= 4 is 27.6 Å². The van der Waals surface area contributed by atoms with E-state index < -0.39 is 66.2 Å². The lowest BCUT2D eigenvalue weighted by Gasteiger charge is -2.20. The van der Waals surface area contributed by atoms with Gasteiger partial charge < -0.3 is 34.0 Å². The number of rotatable bonds is 41. The van der Waals surface area contributed by atoms with Gasteiger partial charge in [-0.05, 0) is 77.0 Å². The Labute approximate surface area is 360 Å². The van der Waals surface area contributed by atoms with Crippen LogP contribution in [0.5, 0.6) is 0 Å². The van der Waals surface area contributed by atoms with Crippen molar-refractivity contribution in [1.82, 2.24) is 0 Å². The van der Waals surface area contributed by atoms with E-state index in [1.807, 2.05) is 0 Å². The predicted octanol–water partition coefficient (Wildman–Crippen LogP) is 10.4. The summed E-state index contributed by atoms with van der Waals surface area (Å²) in [4.78, 5) is 52.8. The van der Waals surface area contributed by atoms with Crippen molar-refractivity contribution in [3.05, 3.63) is 48.6 Å². The second-order valence-corrected chi connectivity index (χ2v) is 18.0. The number of aliphatic hydroxyl groups excluding tert-OH is 1. The molecule has 0 saturated carbocycles. The third-order valence-corrected chi connectivity index (χ3v) is 11.0. The number of carbonyl (C=O) groups excluding carboxylic acids is 2. The SMILES string of the molecule is CCCCC/C=C\C/C=C\C/C=C\CCCCCCC(=O)OC[C@H](COP(=O)(O)OC[C@@H](O)COP(=O)(O)O)OC(=O)CCCCCCCC1OC1C/C=C\CCCCC. The van der Waals surface area contributed by atoms with Gasteiger partial charge in [-0.3, -0.25) is 23.2 Å². The molecule has 348 valence electrons. The molecule has 1 fully saturated rings. The number of esters is 2. The molecule has 0 aromatic rings. The zero-order chi connectivity index (χ0) is 44.2. The molecule has 0 aromatic heterocycles. The molecule has 1 rings (SSSR count). The first kappa shape index (κ1) is 56.1. The number of aliphatic hydroxyl groups is 1. The van der Waals surface area contributed by atoms with E-state index in [0.717, 1.165) is 89.9 Å². The van der Waals surface area contributed by atoms with Crippen LogP contribution in [0.15, 0.2) is 48.6 Å². The molecule has 1 aliphatic rings. The van der Waals surface area contributed by atoms with Crippen molar-refractivity contribution in [2.24, 2.45) is 0 Å². The minimum absolute atomic E-state index is 0.102. The number of epoxide rings is 1. The van der Waals surface area contributed by atoms with Crippen molar-refractivity contribution in [2.75, 3.05) is 26.4 Å². The van der Waals surface area contributed by atoms with Gasteiger partial charge in [0.15, 0.2) is 6.10 Å². The Morgan fingerprint density at radius 3 is 1.70 bits per heavy atom. The predicted molar refractivity (Wildman–Crippen MR) is 234 cm³/mol. The zero-order valence-corrected chi connectivity index (χ0v) is 38.3. The van der Waals surface area contributed by atoms with Crippen LogP contribution in [0.2, 0.25) is 0 Å². The molecule has 3 unspecified atom stereocenters. The van der Waals surface area contributed by atoms with Crippen LogP contribution in [0, 0.1) is 0 Å². The fourth-order valence-corrected chi connectivity index (χ4v) is 7.22. The average Bonchev–Trinajstić information content (AvgIpc) is 3.96. The third kappa shape index (κ3) is 36.7. The van der Waals surface area contributed by atoms with Crippen LogP contribution >= 0.6 is 15.6 Å². The standard InChI is InChI=1S/C44H78O14P2/c1-3-5-7-9-11-12-13-14-15-16-17-18-19-20-21-25-29-33-43(46)53-37-40(38-56-60(51,52)55-36-39(45)35-54-59(48,49)50)57-44(47)34-30-26-22-24-28-32-42-41(58-42)31-27-23-10-8-6-4-2/h11-12,14-15,17-18,23,27,39-42,45H,3-10,13,16,19-22,24-26,28-38H2,1-2H3,(H,51,52)(H2,48,49,50)/b12-11-,15-14-,18-17-,27-23-/t39-,40+,41?,42?/m0/s1. The molecule has 0 aliphatic carbocycles. The van der Waals surface area contributed by atoms with Crippen LogP contribution in [-0.4, -0.2) is 82.6 Å². The van der Waals surface area contributed by atoms with Crippen molar-refractivity contribution in [3.8, 4) is 0 Å². The Bertz CT molecular complexity index is 1310. The number of phosphoric ester groups is 2. The Morgan fingerprint density at radius 1 is 0.583 bits per heavy atom. The second-order valence-electron chi connectivity index (χ2n) is 15.4. The molecule has 16 heteroatoms. The molecule has 14 nitrogen and oxygen atoms in total. The molecule has 1 aliphatic heterocycles. The maximum Gasteiger partial charge on any atom is 0.472 e. The summed E-state index contributed by atoms with van der Waals surface area (Å²) < 4.78 is 53.6. The molecule has 1 saturated heterocycles. The van der Waals surface area contributed by atoms with Gasteiger partial charge in [-0.1, -0.05) is 127 Å². The van der Waals surface area contributed by atoms with Crippen molar-refractivity contribution in [1.29, 1.82) is 0 Å². The molecule has 0 bridgehead atoms. The maximum atomic E-state index is 12.7. The molecular formula is C44H78O14P2. The van der Waals surface area contributed by atoms with Gasteiger partial charge in [0.25, 0.3) is 0 Å². The number of allylic oxidation sites excluding steroid dienone is 7. The second kappa shape index (κ2) is 36.5. The van der Waals surface area contributed by atoms with E-state index in [1.54, 1.807) is 0 Å². The Kier molecular flexibility index (Phi) is 34.1. The van der Waals surface area contributed by atoms with E-state index in [9.17, 15) is 28.7 Å². The summed E-state index contributed by atoms with van der Waals surface area (Å²) in [7, 11) is -9.69. The fraction of sp³-hybridized carbons (Fsp3) is 0.773. The molecule has 1 heterocycles. The third-order valence-electron chi connectivity index (χ3n) is 9.60. The number of hydrogen-bond donors (Lipinski definition) is 4. The van der Waals surface area contributed by atoms with Crippen LogP contribution in [-0.2, 0) is 46.5 Å². The lowest BCUT2D eigenvalue weighted by atomic mass is 10.1. The van der Waals surface area contributed by atoms with Crippen LogP contribution in [0.25, 0.3) is 0 Å². The quantitative estimate of drug-likeness (QED) is 0.0148. The summed E-state index contributed by atoms with van der Waals surface area (Å²) in [6.07, 6.45) is 38.3. The number of carbonyl (C=O) groups is 2. The lowest BCUT2D eigenvalue weighted by Crippen LogP contribution is -2.30. The maximum absolute atomic E-state index is 12.7. The fourth-order valence-electron chi connectivity index (χ4n) is 6.07. The van der Waals surface area contributed by atoms with Crippen LogP contribution in [0.4, 0.5) is 0 Å². The number of phosphoric acid groups is 2. The molecule has 0 radical (unpaired) electrons. The van der Waals surface area contributed by atoms with Gasteiger partial charge in [-0.15, -0.1) is 0 Å². The van der Waals surface area contributed by atoms with Gasteiger partial charge in [0, 0.05) is 12.8 Å². The number of unbranched alkanes of at least 4 members (excludes halogenated alkanes) is 14. The monoisotopic (exact) mass is 892 g/mol. The van der Waals surface area contributed by atoms with Crippen molar-refractivity contribution in [2.45, 2.75) is 192 Å². The Morgan fingerprint density at radius 2 is 1.08 bits per heavy atom. The minimum atomic E-state index is -4.87. The summed E-state index contributed by atoms with van der Waals surface area (Å²) in [6.45, 7) is 1.65. The molecule has 60 heavy (non-hydrogen) atoms. The average molecular weight is 893 g/mol. The number of hydrogen-bond acceptors (Lipinski definition) is 11. The van der Waals surface area contributed by atoms with E-state index in [2.05, 4.69) is 71.5 Å². The van der Waals surface area contributed by atoms with E-state index >= 15 is 0 Å². The summed E-state index contributed by atoms with van der Waals surface area (Å²) in [5.41, 5.74) is 0. The largest absolute Gasteiger partial charge is 0.472 e. The zero-order valence-electron chi connectivity index (χ0n) is 36.5. The van der Waals surface area contributed by atoms with Gasteiger partial charge in [-0.25, -0.2) is 9.13 Å². The van der Waals surface area contributed by atoms with Gasteiger partial charge in [0.2, 0.25) is 0 Å². The van der Waals surface area contributed by atoms with E-state index in [4.69, 9.17) is 28.5 Å². The Balaban J connectivity index is 2.38. The van der Waals surface area contributed by atoms with Crippen LogP contribution in [0.3, 0.4) is 0 Å². The highest BCUT2D eigenvalue weighted by molar-refractivity contribution is 7.47. The molecular weight excluding hydrogens is 814 g/mol. The first-order valence-corrected chi connectivity index (χ1v) is 25.5. The molecule has 0 amide bonds. The van der Waals surface area contributed by atoms with E-state index in [-0.39, 0.29) is 12.8 Å². The van der Waals surface area contributed by atoms with Gasteiger partial charge >= 0.3 is 27.6 Å². The first-order chi connectivity index (χ1) is 28.8. The van der Waals surface area contributed by atoms with Crippen molar-refractivity contribution < 1.29 is 66.3 Å². The summed E-state index contributed by atoms with van der Waals surface area (Å²) in [5, 5.41) is 9.75. The van der Waals surface area contributed by atoms with Gasteiger partial charge in [-0.2, -0.15) is 0 Å². The summed E-state index contributed by atoms with van der Waals surface area (Å²) >= 11 is 0.